The Labute approximate surface area is 124 Å². The first-order valence-corrected chi connectivity index (χ1v) is 6.86. The normalized spacial score (nSPS) is 12.3. The summed E-state index contributed by atoms with van der Waals surface area (Å²) in [5, 5.41) is 0. The molecule has 0 amide bonds. The third kappa shape index (κ3) is 3.16. The third-order valence-corrected chi connectivity index (χ3v) is 3.52. The summed E-state index contributed by atoms with van der Waals surface area (Å²) in [5.74, 6) is 0.209. The Bertz CT molecular complexity index is 644. The monoisotopic (exact) mass is 341 g/mol. The van der Waals surface area contributed by atoms with E-state index in [1.165, 1.54) is 24.3 Å². The summed E-state index contributed by atoms with van der Waals surface area (Å²) in [6.45, 7) is 3.39. The first-order chi connectivity index (χ1) is 9.38. The molecular weight excluding hydrogens is 328 g/mol. The van der Waals surface area contributed by atoms with Gasteiger partial charge in [0.2, 0.25) is 0 Å². The van der Waals surface area contributed by atoms with Crippen LogP contribution in [0.4, 0.5) is 8.78 Å². The van der Waals surface area contributed by atoms with E-state index in [1.54, 1.807) is 19.9 Å². The summed E-state index contributed by atoms with van der Waals surface area (Å²) >= 11 is 3.23. The van der Waals surface area contributed by atoms with Gasteiger partial charge in [0.15, 0.2) is 0 Å². The van der Waals surface area contributed by atoms with Crippen molar-refractivity contribution in [1.29, 1.82) is 0 Å². The fourth-order valence-electron chi connectivity index (χ4n) is 1.79. The number of halogens is 3. The molecule has 1 atom stereocenters. The van der Waals surface area contributed by atoms with Gasteiger partial charge in [0.1, 0.15) is 23.1 Å². The summed E-state index contributed by atoms with van der Waals surface area (Å²) < 4.78 is 32.9. The highest BCUT2D eigenvalue weighted by atomic mass is 79.9. The van der Waals surface area contributed by atoms with Crippen molar-refractivity contribution in [2.75, 3.05) is 0 Å². The van der Waals surface area contributed by atoms with E-state index < -0.39 is 0 Å². The molecular formula is C15H14BrF2NO. The molecule has 0 fully saturated rings. The molecule has 2 rings (SSSR count). The molecule has 0 aliphatic rings. The van der Waals surface area contributed by atoms with Gasteiger partial charge in [-0.3, -0.25) is 0 Å². The summed E-state index contributed by atoms with van der Waals surface area (Å²) in [6.07, 6.45) is 0. The average Bonchev–Trinajstić information content (AvgIpc) is 2.36. The van der Waals surface area contributed by atoms with E-state index in [0.717, 1.165) is 0 Å². The van der Waals surface area contributed by atoms with E-state index in [9.17, 15) is 8.78 Å². The van der Waals surface area contributed by atoms with E-state index in [1.807, 2.05) is 0 Å². The quantitative estimate of drug-likeness (QED) is 0.866. The Morgan fingerprint density at radius 1 is 1.15 bits per heavy atom. The highest BCUT2D eigenvalue weighted by molar-refractivity contribution is 9.10. The van der Waals surface area contributed by atoms with E-state index in [-0.39, 0.29) is 17.7 Å². The zero-order valence-electron chi connectivity index (χ0n) is 11.1. The van der Waals surface area contributed by atoms with E-state index in [2.05, 4.69) is 15.9 Å². The standard InChI is InChI=1S/C15H14BrF2NO/c1-8-5-15(11(9(2)19)7-13(8)18)20-14-4-3-10(17)6-12(14)16/h3-7,9H,19H2,1-2H3. The van der Waals surface area contributed by atoms with E-state index in [4.69, 9.17) is 10.5 Å². The smallest absolute Gasteiger partial charge is 0.141 e. The third-order valence-electron chi connectivity index (χ3n) is 2.90. The molecule has 0 saturated heterocycles. The molecule has 1 unspecified atom stereocenters. The van der Waals surface area contributed by atoms with Crippen molar-refractivity contribution >= 4 is 15.9 Å². The number of hydrogen-bond donors (Lipinski definition) is 1. The zero-order chi connectivity index (χ0) is 14.9. The first-order valence-electron chi connectivity index (χ1n) is 6.07. The summed E-state index contributed by atoms with van der Waals surface area (Å²) in [6, 6.07) is 6.68. The maximum absolute atomic E-state index is 13.6. The van der Waals surface area contributed by atoms with Crippen molar-refractivity contribution in [3.05, 3.63) is 57.6 Å². The minimum Gasteiger partial charge on any atom is -0.456 e. The van der Waals surface area contributed by atoms with Gasteiger partial charge in [-0.25, -0.2) is 8.78 Å². The highest BCUT2D eigenvalue weighted by Crippen LogP contribution is 2.35. The van der Waals surface area contributed by atoms with Crippen molar-refractivity contribution in [2.24, 2.45) is 5.73 Å². The van der Waals surface area contributed by atoms with Crippen LogP contribution in [-0.2, 0) is 0 Å². The molecule has 0 radical (unpaired) electrons. The largest absolute Gasteiger partial charge is 0.456 e. The minimum absolute atomic E-state index is 0.331. The summed E-state index contributed by atoms with van der Waals surface area (Å²) in [7, 11) is 0. The van der Waals surface area contributed by atoms with Crippen LogP contribution in [0.15, 0.2) is 34.8 Å². The Morgan fingerprint density at radius 3 is 2.45 bits per heavy atom. The molecule has 0 heterocycles. The predicted molar refractivity (Wildman–Crippen MR) is 77.9 cm³/mol. The van der Waals surface area contributed by atoms with Gasteiger partial charge in [0.05, 0.1) is 4.47 Å². The van der Waals surface area contributed by atoms with Gasteiger partial charge < -0.3 is 10.5 Å². The summed E-state index contributed by atoms with van der Waals surface area (Å²) in [5.41, 5.74) is 6.85. The van der Waals surface area contributed by atoms with Crippen molar-refractivity contribution in [3.8, 4) is 11.5 Å². The van der Waals surface area contributed by atoms with Crippen LogP contribution in [0.25, 0.3) is 0 Å². The zero-order valence-corrected chi connectivity index (χ0v) is 12.7. The molecule has 0 spiro atoms. The maximum Gasteiger partial charge on any atom is 0.141 e. The highest BCUT2D eigenvalue weighted by Gasteiger charge is 2.14. The van der Waals surface area contributed by atoms with Crippen molar-refractivity contribution in [3.63, 3.8) is 0 Å². The van der Waals surface area contributed by atoms with Crippen LogP contribution in [-0.4, -0.2) is 0 Å². The van der Waals surface area contributed by atoms with Crippen LogP contribution in [0.3, 0.4) is 0 Å². The van der Waals surface area contributed by atoms with Gasteiger partial charge in [-0.15, -0.1) is 0 Å². The molecule has 0 aliphatic carbocycles. The molecule has 106 valence electrons. The van der Waals surface area contributed by atoms with Gasteiger partial charge in [0.25, 0.3) is 0 Å². The number of benzene rings is 2. The summed E-state index contributed by atoms with van der Waals surface area (Å²) in [4.78, 5) is 0. The average molecular weight is 342 g/mol. The molecule has 0 saturated carbocycles. The lowest BCUT2D eigenvalue weighted by molar-refractivity contribution is 0.463. The van der Waals surface area contributed by atoms with E-state index >= 15 is 0 Å². The molecule has 2 N–H and O–H groups in total. The SMILES string of the molecule is Cc1cc(Oc2ccc(F)cc2Br)c(C(C)N)cc1F. The molecule has 0 aliphatic heterocycles. The van der Waals surface area contributed by atoms with Crippen LogP contribution < -0.4 is 10.5 Å². The van der Waals surface area contributed by atoms with E-state index in [0.29, 0.717) is 27.1 Å². The Hall–Kier alpha value is -1.46. The number of nitrogens with two attached hydrogens (primary N) is 1. The number of ether oxygens (including phenoxy) is 1. The second-order valence-corrected chi connectivity index (χ2v) is 5.46. The molecule has 2 aromatic carbocycles. The van der Waals surface area contributed by atoms with Crippen molar-refractivity contribution in [2.45, 2.75) is 19.9 Å². The molecule has 2 aromatic rings. The van der Waals surface area contributed by atoms with Crippen LogP contribution in [0.2, 0.25) is 0 Å². The van der Waals surface area contributed by atoms with Gasteiger partial charge in [0, 0.05) is 11.6 Å². The molecule has 0 aromatic heterocycles. The topological polar surface area (TPSA) is 35.2 Å². The van der Waals surface area contributed by atoms with Gasteiger partial charge in [-0.2, -0.15) is 0 Å². The van der Waals surface area contributed by atoms with Gasteiger partial charge in [-0.05, 0) is 65.7 Å². The Kier molecular flexibility index (Phi) is 4.40. The Morgan fingerprint density at radius 2 is 1.85 bits per heavy atom. The number of aryl methyl sites for hydroxylation is 1. The fourth-order valence-corrected chi connectivity index (χ4v) is 2.22. The maximum atomic E-state index is 13.6. The molecule has 0 bridgehead atoms. The molecule has 2 nitrogen and oxygen atoms in total. The van der Waals surface area contributed by atoms with Gasteiger partial charge in [-0.1, -0.05) is 0 Å². The second-order valence-electron chi connectivity index (χ2n) is 4.60. The van der Waals surface area contributed by atoms with Crippen LogP contribution >= 0.6 is 15.9 Å². The lowest BCUT2D eigenvalue weighted by Gasteiger charge is -2.16. The molecule has 20 heavy (non-hydrogen) atoms. The Balaban J connectivity index is 2.44. The predicted octanol–water partition coefficient (Wildman–Crippen LogP) is 4.85. The lowest BCUT2D eigenvalue weighted by atomic mass is 10.1. The second kappa shape index (κ2) is 5.89. The fraction of sp³-hybridized carbons (Fsp3) is 0.200. The number of rotatable bonds is 3. The molecule has 5 heteroatoms. The van der Waals surface area contributed by atoms with Crippen LogP contribution in [0.5, 0.6) is 11.5 Å². The minimum atomic E-state index is -0.376. The lowest BCUT2D eigenvalue weighted by Crippen LogP contribution is -2.08. The van der Waals surface area contributed by atoms with Crippen molar-refractivity contribution in [1.82, 2.24) is 0 Å². The van der Waals surface area contributed by atoms with Crippen LogP contribution in [0.1, 0.15) is 24.1 Å². The van der Waals surface area contributed by atoms with Crippen LogP contribution in [0, 0.1) is 18.6 Å². The number of hydrogen-bond acceptors (Lipinski definition) is 2. The van der Waals surface area contributed by atoms with Crippen molar-refractivity contribution < 1.29 is 13.5 Å². The van der Waals surface area contributed by atoms with Gasteiger partial charge >= 0.3 is 0 Å². The first kappa shape index (κ1) is 14.9.